The number of carbonyl (C=O) groups excluding carboxylic acids is 1. The molecule has 1 atom stereocenters. The Morgan fingerprint density at radius 2 is 1.59 bits per heavy atom. The maximum atomic E-state index is 13.2. The summed E-state index contributed by atoms with van der Waals surface area (Å²) in [7, 11) is -4.47. The average Bonchev–Trinajstić information content (AvgIpc) is 2.71. The van der Waals surface area contributed by atoms with Crippen molar-refractivity contribution in [3.05, 3.63) is 54.3 Å². The van der Waals surface area contributed by atoms with Crippen molar-refractivity contribution < 1.29 is 30.8 Å². The molecule has 0 aliphatic rings. The van der Waals surface area contributed by atoms with E-state index in [1.807, 2.05) is 0 Å². The number of benzene rings is 2. The Kier molecular flexibility index (Phi) is 8.21. The molecule has 0 aliphatic carbocycles. The summed E-state index contributed by atoms with van der Waals surface area (Å²) in [6.07, 6.45) is 0.962. The average molecular weight is 488 g/mol. The van der Waals surface area contributed by atoms with Gasteiger partial charge >= 0.3 is 0 Å². The number of carbonyl (C=O) groups is 1. The molecule has 9 nitrogen and oxygen atoms in total. The highest BCUT2D eigenvalue weighted by atomic mass is 32.2. The van der Waals surface area contributed by atoms with Crippen LogP contribution in [0, 0.1) is 5.82 Å². The molecule has 176 valence electrons. The number of sulfonamides is 2. The van der Waals surface area contributed by atoms with Gasteiger partial charge in [0.15, 0.2) is 0 Å². The molecule has 0 saturated heterocycles. The Hall–Kier alpha value is -2.70. The van der Waals surface area contributed by atoms with Gasteiger partial charge in [-0.15, -0.1) is 0 Å². The van der Waals surface area contributed by atoms with E-state index in [1.54, 1.807) is 0 Å². The molecule has 0 aliphatic heterocycles. The Balaban J connectivity index is 1.95. The van der Waals surface area contributed by atoms with Gasteiger partial charge in [-0.05, 0) is 55.5 Å². The molecule has 0 bridgehead atoms. The lowest BCUT2D eigenvalue weighted by Crippen LogP contribution is -2.48. The van der Waals surface area contributed by atoms with Crippen LogP contribution in [-0.4, -0.2) is 66.6 Å². The zero-order valence-electron chi connectivity index (χ0n) is 18.1. The van der Waals surface area contributed by atoms with Crippen LogP contribution < -0.4 is 14.4 Å². The largest absolute Gasteiger partial charge is 0.492 e. The van der Waals surface area contributed by atoms with E-state index in [1.165, 1.54) is 57.4 Å². The predicted molar refractivity (Wildman–Crippen MR) is 119 cm³/mol. The van der Waals surface area contributed by atoms with Gasteiger partial charge in [0, 0.05) is 14.1 Å². The van der Waals surface area contributed by atoms with Gasteiger partial charge in [-0.2, -0.15) is 0 Å². The SMILES string of the molecule is C[C@@H](C(=O)NCCOc1ccc(S(=O)(=O)N(C)C)cc1)N(c1ccc(F)cc1)S(C)(=O)=O. The van der Waals surface area contributed by atoms with Crippen molar-refractivity contribution in [3.63, 3.8) is 0 Å². The van der Waals surface area contributed by atoms with Gasteiger partial charge < -0.3 is 10.1 Å². The first kappa shape index (κ1) is 25.6. The normalized spacial score (nSPS) is 12.9. The first-order chi connectivity index (χ1) is 14.8. The summed E-state index contributed by atoms with van der Waals surface area (Å²) >= 11 is 0. The minimum Gasteiger partial charge on any atom is -0.492 e. The predicted octanol–water partition coefficient (Wildman–Crippen LogP) is 1.43. The zero-order valence-corrected chi connectivity index (χ0v) is 19.8. The van der Waals surface area contributed by atoms with E-state index < -0.39 is 37.8 Å². The van der Waals surface area contributed by atoms with Gasteiger partial charge in [-0.25, -0.2) is 25.5 Å². The van der Waals surface area contributed by atoms with E-state index in [9.17, 15) is 26.0 Å². The van der Waals surface area contributed by atoms with E-state index in [0.29, 0.717) is 5.75 Å². The van der Waals surface area contributed by atoms with E-state index in [2.05, 4.69) is 5.32 Å². The number of amides is 1. The van der Waals surface area contributed by atoms with Gasteiger partial charge in [0.05, 0.1) is 23.4 Å². The van der Waals surface area contributed by atoms with Crippen molar-refractivity contribution in [1.82, 2.24) is 9.62 Å². The molecule has 0 heterocycles. The van der Waals surface area contributed by atoms with Gasteiger partial charge in [0.25, 0.3) is 0 Å². The van der Waals surface area contributed by atoms with Crippen molar-refractivity contribution in [2.75, 3.05) is 37.8 Å². The van der Waals surface area contributed by atoms with Crippen molar-refractivity contribution in [3.8, 4) is 5.75 Å². The number of nitrogens with one attached hydrogen (secondary N) is 1. The monoisotopic (exact) mass is 487 g/mol. The molecule has 2 rings (SSSR count). The Morgan fingerprint density at radius 1 is 1.03 bits per heavy atom. The summed E-state index contributed by atoms with van der Waals surface area (Å²) in [5.74, 6) is -0.673. The highest BCUT2D eigenvalue weighted by Gasteiger charge is 2.29. The van der Waals surface area contributed by atoms with Crippen LogP contribution in [0.25, 0.3) is 0 Å². The van der Waals surface area contributed by atoms with Crippen molar-refractivity contribution >= 4 is 31.6 Å². The maximum Gasteiger partial charge on any atom is 0.243 e. The standard InChI is InChI=1S/C20H26FN3O6S2/c1-15(24(31(4,26)27)17-7-5-16(21)6-8-17)20(25)22-13-14-30-18-9-11-19(12-10-18)32(28,29)23(2)3/h5-12,15H,13-14H2,1-4H3,(H,22,25)/t15-/m0/s1. The molecular formula is C20H26FN3O6S2. The van der Waals surface area contributed by atoms with Crippen molar-refractivity contribution in [2.45, 2.75) is 17.9 Å². The third-order valence-electron chi connectivity index (χ3n) is 4.44. The van der Waals surface area contributed by atoms with Gasteiger partial charge in [-0.3, -0.25) is 9.10 Å². The second-order valence-corrected chi connectivity index (χ2v) is 11.1. The van der Waals surface area contributed by atoms with Crippen LogP contribution in [0.4, 0.5) is 10.1 Å². The number of halogens is 1. The number of nitrogens with zero attached hydrogens (tertiary/aromatic N) is 2. The second-order valence-electron chi connectivity index (χ2n) is 7.11. The van der Waals surface area contributed by atoms with Crippen LogP contribution in [0.15, 0.2) is 53.4 Å². The van der Waals surface area contributed by atoms with E-state index in [-0.39, 0.29) is 23.7 Å². The minimum atomic E-state index is -3.80. The molecule has 0 fully saturated rings. The van der Waals surface area contributed by atoms with Crippen LogP contribution in [0.2, 0.25) is 0 Å². The molecule has 2 aromatic rings. The van der Waals surface area contributed by atoms with Crippen LogP contribution in [0.3, 0.4) is 0 Å². The lowest BCUT2D eigenvalue weighted by molar-refractivity contribution is -0.121. The van der Waals surface area contributed by atoms with Crippen LogP contribution in [-0.2, 0) is 24.8 Å². The highest BCUT2D eigenvalue weighted by Crippen LogP contribution is 2.21. The summed E-state index contributed by atoms with van der Waals surface area (Å²) < 4.78 is 69.2. The third-order valence-corrected chi connectivity index (χ3v) is 7.51. The fraction of sp³-hybridized carbons (Fsp3) is 0.350. The summed E-state index contributed by atoms with van der Waals surface area (Å²) in [5, 5.41) is 2.59. The molecule has 1 N–H and O–H groups in total. The minimum absolute atomic E-state index is 0.0770. The second kappa shape index (κ2) is 10.3. The van der Waals surface area contributed by atoms with Crippen LogP contribution >= 0.6 is 0 Å². The quantitative estimate of drug-likeness (QED) is 0.507. The molecule has 0 radical (unpaired) electrons. The van der Waals surface area contributed by atoms with Gasteiger partial charge in [0.1, 0.15) is 24.2 Å². The summed E-state index contributed by atoms with van der Waals surface area (Å²) in [4.78, 5) is 12.6. The number of anilines is 1. The number of rotatable bonds is 10. The summed E-state index contributed by atoms with van der Waals surface area (Å²) in [6, 6.07) is 9.54. The molecule has 0 aromatic heterocycles. The first-order valence-electron chi connectivity index (χ1n) is 9.52. The zero-order chi connectivity index (χ0) is 24.1. The summed E-state index contributed by atoms with van der Waals surface area (Å²) in [5.41, 5.74) is 0.167. The lowest BCUT2D eigenvalue weighted by Gasteiger charge is -2.28. The van der Waals surface area contributed by atoms with Crippen molar-refractivity contribution in [1.29, 1.82) is 0 Å². The lowest BCUT2D eigenvalue weighted by atomic mass is 10.2. The molecule has 2 aromatic carbocycles. The molecule has 1 amide bonds. The number of hydrogen-bond donors (Lipinski definition) is 1. The molecular weight excluding hydrogens is 461 g/mol. The fourth-order valence-corrected chi connectivity index (χ4v) is 4.88. The summed E-state index contributed by atoms with van der Waals surface area (Å²) in [6.45, 7) is 1.58. The first-order valence-corrected chi connectivity index (χ1v) is 12.8. The Bertz CT molecular complexity index is 1130. The van der Waals surface area contributed by atoms with E-state index in [0.717, 1.165) is 27.0 Å². The van der Waals surface area contributed by atoms with E-state index >= 15 is 0 Å². The van der Waals surface area contributed by atoms with E-state index in [4.69, 9.17) is 4.74 Å². The molecule has 0 unspecified atom stereocenters. The Labute approximate surface area is 187 Å². The van der Waals surface area contributed by atoms with Crippen LogP contribution in [0.1, 0.15) is 6.92 Å². The molecule has 0 spiro atoms. The smallest absolute Gasteiger partial charge is 0.243 e. The number of hydrogen-bond acceptors (Lipinski definition) is 6. The third kappa shape index (κ3) is 6.40. The van der Waals surface area contributed by atoms with Gasteiger partial charge in [0.2, 0.25) is 26.0 Å². The van der Waals surface area contributed by atoms with Crippen LogP contribution in [0.5, 0.6) is 5.75 Å². The molecule has 12 heteroatoms. The Morgan fingerprint density at radius 3 is 2.09 bits per heavy atom. The topological polar surface area (TPSA) is 113 Å². The fourth-order valence-electron chi connectivity index (χ4n) is 2.81. The van der Waals surface area contributed by atoms with Crippen molar-refractivity contribution in [2.24, 2.45) is 0 Å². The molecule has 32 heavy (non-hydrogen) atoms. The molecule has 0 saturated carbocycles. The highest BCUT2D eigenvalue weighted by molar-refractivity contribution is 7.92. The maximum absolute atomic E-state index is 13.2. The van der Waals surface area contributed by atoms with Gasteiger partial charge in [-0.1, -0.05) is 0 Å². The number of ether oxygens (including phenoxy) is 1.